The summed E-state index contributed by atoms with van der Waals surface area (Å²) >= 11 is 0. The van der Waals surface area contributed by atoms with Gasteiger partial charge in [0.25, 0.3) is 11.8 Å². The van der Waals surface area contributed by atoms with Crippen LogP contribution in [0.25, 0.3) is 0 Å². The minimum absolute atomic E-state index is 0.281. The lowest BCUT2D eigenvalue weighted by molar-refractivity contribution is 0.102. The molecule has 0 aliphatic heterocycles. The molecule has 0 radical (unpaired) electrons. The summed E-state index contributed by atoms with van der Waals surface area (Å²) < 4.78 is 10.5. The molecular formula is C23H22N2O4. The number of carbonyl (C=O) groups excluding carboxylic acids is 2. The molecule has 2 N–H and O–H groups in total. The summed E-state index contributed by atoms with van der Waals surface area (Å²) in [6.45, 7) is 1.95. The van der Waals surface area contributed by atoms with E-state index in [1.54, 1.807) is 61.7 Å². The molecule has 6 heteroatoms. The van der Waals surface area contributed by atoms with Crippen LogP contribution in [-0.2, 0) is 0 Å². The maximum absolute atomic E-state index is 12.8. The molecule has 3 rings (SSSR count). The zero-order chi connectivity index (χ0) is 20.8. The van der Waals surface area contributed by atoms with Crippen LogP contribution in [0, 0.1) is 6.92 Å². The van der Waals surface area contributed by atoms with Crippen molar-refractivity contribution in [1.29, 1.82) is 0 Å². The summed E-state index contributed by atoms with van der Waals surface area (Å²) in [7, 11) is 3.07. The van der Waals surface area contributed by atoms with E-state index in [-0.39, 0.29) is 11.8 Å². The van der Waals surface area contributed by atoms with Crippen molar-refractivity contribution in [2.24, 2.45) is 0 Å². The zero-order valence-electron chi connectivity index (χ0n) is 16.5. The molecule has 148 valence electrons. The third kappa shape index (κ3) is 4.73. The highest BCUT2D eigenvalue weighted by Crippen LogP contribution is 2.30. The highest BCUT2D eigenvalue weighted by Gasteiger charge is 2.15. The van der Waals surface area contributed by atoms with Gasteiger partial charge in [0.1, 0.15) is 0 Å². The highest BCUT2D eigenvalue weighted by atomic mass is 16.5. The van der Waals surface area contributed by atoms with E-state index in [1.807, 2.05) is 19.1 Å². The highest BCUT2D eigenvalue weighted by molar-refractivity contribution is 6.12. The predicted octanol–water partition coefficient (Wildman–Crippen LogP) is 4.52. The number of anilines is 2. The lowest BCUT2D eigenvalue weighted by Gasteiger charge is -2.13. The first-order valence-corrected chi connectivity index (χ1v) is 9.02. The van der Waals surface area contributed by atoms with Gasteiger partial charge in [-0.15, -0.1) is 0 Å². The fourth-order valence-electron chi connectivity index (χ4n) is 2.80. The Morgan fingerprint density at radius 1 is 0.759 bits per heavy atom. The van der Waals surface area contributed by atoms with E-state index in [2.05, 4.69) is 10.6 Å². The molecule has 3 aromatic rings. The van der Waals surface area contributed by atoms with Gasteiger partial charge in [-0.2, -0.15) is 0 Å². The molecule has 6 nitrogen and oxygen atoms in total. The van der Waals surface area contributed by atoms with E-state index >= 15 is 0 Å². The number of aryl methyl sites for hydroxylation is 1. The largest absolute Gasteiger partial charge is 0.493 e. The van der Waals surface area contributed by atoms with Gasteiger partial charge in [-0.1, -0.05) is 29.8 Å². The van der Waals surface area contributed by atoms with Gasteiger partial charge in [-0.3, -0.25) is 9.59 Å². The minimum Gasteiger partial charge on any atom is -0.493 e. The maximum Gasteiger partial charge on any atom is 0.257 e. The van der Waals surface area contributed by atoms with Gasteiger partial charge in [-0.05, 0) is 43.3 Å². The molecule has 0 heterocycles. The van der Waals surface area contributed by atoms with Crippen molar-refractivity contribution in [1.82, 2.24) is 0 Å². The van der Waals surface area contributed by atoms with E-state index < -0.39 is 0 Å². The SMILES string of the molecule is COc1ccc(NC(=O)c2ccccc2NC(=O)c2ccc(C)cc2)cc1OC. The molecule has 0 fully saturated rings. The van der Waals surface area contributed by atoms with Gasteiger partial charge in [0.2, 0.25) is 0 Å². The summed E-state index contributed by atoms with van der Waals surface area (Å²) in [4.78, 5) is 25.4. The Hall–Kier alpha value is -3.80. The van der Waals surface area contributed by atoms with E-state index in [0.717, 1.165) is 5.56 Å². The standard InChI is InChI=1S/C23H22N2O4/c1-15-8-10-16(11-9-15)22(26)25-19-7-5-4-6-18(19)23(27)24-17-12-13-20(28-2)21(14-17)29-3/h4-14H,1-3H3,(H,24,27)(H,25,26). The van der Waals surface area contributed by atoms with Gasteiger partial charge in [0, 0.05) is 17.3 Å². The number of rotatable bonds is 6. The summed E-state index contributed by atoms with van der Waals surface area (Å²) in [5, 5.41) is 5.63. The third-order valence-corrected chi connectivity index (χ3v) is 4.38. The molecular weight excluding hydrogens is 368 g/mol. The Balaban J connectivity index is 1.80. The van der Waals surface area contributed by atoms with Gasteiger partial charge in [0.05, 0.1) is 25.5 Å². The molecule has 0 aromatic heterocycles. The Morgan fingerprint density at radius 2 is 1.45 bits per heavy atom. The predicted molar refractivity (Wildman–Crippen MR) is 113 cm³/mol. The molecule has 0 aliphatic rings. The first kappa shape index (κ1) is 19.9. The lowest BCUT2D eigenvalue weighted by Crippen LogP contribution is -2.18. The first-order chi connectivity index (χ1) is 14.0. The summed E-state index contributed by atoms with van der Waals surface area (Å²) in [6, 6.07) is 19.2. The van der Waals surface area contributed by atoms with Crippen LogP contribution < -0.4 is 20.1 Å². The van der Waals surface area contributed by atoms with Gasteiger partial charge in [0.15, 0.2) is 11.5 Å². The Labute approximate surface area is 169 Å². The van der Waals surface area contributed by atoms with E-state index in [1.165, 1.54) is 7.11 Å². The average molecular weight is 390 g/mol. The first-order valence-electron chi connectivity index (χ1n) is 9.02. The number of hydrogen-bond acceptors (Lipinski definition) is 4. The number of amides is 2. The summed E-state index contributed by atoms with van der Waals surface area (Å²) in [5.41, 5.74) is 2.91. The minimum atomic E-state index is -0.350. The van der Waals surface area contributed by atoms with Crippen LogP contribution in [0.2, 0.25) is 0 Å². The topological polar surface area (TPSA) is 76.7 Å². The van der Waals surface area contributed by atoms with E-state index in [4.69, 9.17) is 9.47 Å². The van der Waals surface area contributed by atoms with E-state index in [9.17, 15) is 9.59 Å². The van der Waals surface area contributed by atoms with Gasteiger partial charge >= 0.3 is 0 Å². The molecule has 0 saturated heterocycles. The van der Waals surface area contributed by atoms with Crippen LogP contribution in [0.15, 0.2) is 66.7 Å². The maximum atomic E-state index is 12.8. The fourth-order valence-corrected chi connectivity index (χ4v) is 2.80. The van der Waals surface area contributed by atoms with Crippen LogP contribution in [0.1, 0.15) is 26.3 Å². The second-order valence-electron chi connectivity index (χ2n) is 6.39. The Morgan fingerprint density at radius 3 is 2.14 bits per heavy atom. The summed E-state index contributed by atoms with van der Waals surface area (Å²) in [5.74, 6) is 0.441. The van der Waals surface area contributed by atoms with E-state index in [0.29, 0.717) is 34.0 Å². The number of methoxy groups -OCH3 is 2. The van der Waals surface area contributed by atoms with Crippen LogP contribution in [0.5, 0.6) is 11.5 Å². The molecule has 29 heavy (non-hydrogen) atoms. The number of hydrogen-bond donors (Lipinski definition) is 2. The van der Waals surface area contributed by atoms with Crippen LogP contribution in [0.3, 0.4) is 0 Å². The Bertz CT molecular complexity index is 1030. The molecule has 0 aliphatic carbocycles. The van der Waals surface area contributed by atoms with Crippen LogP contribution >= 0.6 is 0 Å². The van der Waals surface area contributed by atoms with Crippen molar-refractivity contribution in [3.63, 3.8) is 0 Å². The molecule has 0 saturated carbocycles. The van der Waals surface area contributed by atoms with Crippen LogP contribution in [0.4, 0.5) is 11.4 Å². The number of carbonyl (C=O) groups is 2. The smallest absolute Gasteiger partial charge is 0.257 e. The number of benzene rings is 3. The quantitative estimate of drug-likeness (QED) is 0.649. The second-order valence-corrected chi connectivity index (χ2v) is 6.39. The van der Waals surface area contributed by atoms with Gasteiger partial charge in [-0.25, -0.2) is 0 Å². The van der Waals surface area contributed by atoms with Crippen molar-refractivity contribution in [2.75, 3.05) is 24.9 Å². The number of para-hydroxylation sites is 1. The Kier molecular flexibility index (Phi) is 6.14. The van der Waals surface area contributed by atoms with Crippen molar-refractivity contribution < 1.29 is 19.1 Å². The van der Waals surface area contributed by atoms with Crippen LogP contribution in [-0.4, -0.2) is 26.0 Å². The normalized spacial score (nSPS) is 10.2. The number of ether oxygens (including phenoxy) is 2. The monoisotopic (exact) mass is 390 g/mol. The molecule has 0 atom stereocenters. The second kappa shape index (κ2) is 8.93. The van der Waals surface area contributed by atoms with Crippen molar-refractivity contribution in [3.8, 4) is 11.5 Å². The number of nitrogens with one attached hydrogen (secondary N) is 2. The molecule has 0 unspecified atom stereocenters. The third-order valence-electron chi connectivity index (χ3n) is 4.38. The van der Waals surface area contributed by atoms with Gasteiger partial charge < -0.3 is 20.1 Å². The van der Waals surface area contributed by atoms with Crippen molar-refractivity contribution in [3.05, 3.63) is 83.4 Å². The molecule has 0 bridgehead atoms. The summed E-state index contributed by atoms with van der Waals surface area (Å²) in [6.07, 6.45) is 0. The molecule has 0 spiro atoms. The molecule has 3 aromatic carbocycles. The fraction of sp³-hybridized carbons (Fsp3) is 0.130. The lowest BCUT2D eigenvalue weighted by atomic mass is 10.1. The average Bonchev–Trinajstić information content (AvgIpc) is 2.74. The van der Waals surface area contributed by atoms with Crippen molar-refractivity contribution >= 4 is 23.2 Å². The zero-order valence-corrected chi connectivity index (χ0v) is 16.5. The molecule has 2 amide bonds. The van der Waals surface area contributed by atoms with Crippen molar-refractivity contribution in [2.45, 2.75) is 6.92 Å².